The molecule has 0 radical (unpaired) electrons. The molecule has 1 aliphatic heterocycles. The monoisotopic (exact) mass is 368 g/mol. The molecule has 0 bridgehead atoms. The maximum Gasteiger partial charge on any atom is 0.264 e. The van der Waals surface area contributed by atoms with Gasteiger partial charge in [-0.15, -0.1) is 0 Å². The number of ether oxygens (including phenoxy) is 1. The van der Waals surface area contributed by atoms with E-state index in [0.717, 1.165) is 10.8 Å². The largest absolute Gasteiger partial charge is 0.476 e. The summed E-state index contributed by atoms with van der Waals surface area (Å²) >= 11 is 0. The fraction of sp³-hybridized carbons (Fsp3) is 0.105. The summed E-state index contributed by atoms with van der Waals surface area (Å²) in [5.74, 6) is -0.398. The molecule has 3 aromatic carbocycles. The summed E-state index contributed by atoms with van der Waals surface area (Å²) in [7, 11) is -3.89. The van der Waals surface area contributed by atoms with Crippen molar-refractivity contribution in [2.45, 2.75) is 11.0 Å². The zero-order valence-electron chi connectivity index (χ0n) is 13.7. The van der Waals surface area contributed by atoms with Gasteiger partial charge in [0.2, 0.25) is 0 Å². The van der Waals surface area contributed by atoms with Crippen LogP contribution in [0.5, 0.6) is 5.75 Å². The lowest BCUT2D eigenvalue weighted by Gasteiger charge is -2.34. The maximum absolute atomic E-state index is 13.3. The van der Waals surface area contributed by atoms with Crippen molar-refractivity contribution in [2.24, 2.45) is 5.73 Å². The van der Waals surface area contributed by atoms with Crippen LogP contribution in [0, 0.1) is 0 Å². The number of amides is 1. The summed E-state index contributed by atoms with van der Waals surface area (Å²) < 4.78 is 33.3. The van der Waals surface area contributed by atoms with Gasteiger partial charge in [-0.3, -0.25) is 9.10 Å². The first-order chi connectivity index (χ1) is 12.5. The highest BCUT2D eigenvalue weighted by atomic mass is 32.2. The minimum Gasteiger partial charge on any atom is -0.476 e. The number of hydrogen-bond donors (Lipinski definition) is 1. The number of hydrogen-bond acceptors (Lipinski definition) is 4. The molecule has 0 aromatic heterocycles. The molecule has 0 aliphatic carbocycles. The third-order valence-corrected chi connectivity index (χ3v) is 6.14. The smallest absolute Gasteiger partial charge is 0.264 e. The summed E-state index contributed by atoms with van der Waals surface area (Å²) in [6, 6.07) is 19.2. The summed E-state index contributed by atoms with van der Waals surface area (Å²) in [4.78, 5) is 11.8. The predicted molar refractivity (Wildman–Crippen MR) is 98.5 cm³/mol. The van der Waals surface area contributed by atoms with Gasteiger partial charge in [0.1, 0.15) is 5.75 Å². The van der Waals surface area contributed by atoms with Crippen molar-refractivity contribution in [3.63, 3.8) is 0 Å². The lowest BCUT2D eigenvalue weighted by Crippen LogP contribution is -2.49. The quantitative estimate of drug-likeness (QED) is 0.768. The average molecular weight is 368 g/mol. The highest BCUT2D eigenvalue weighted by molar-refractivity contribution is 7.92. The molecule has 1 amide bonds. The number of nitrogens with two attached hydrogens (primary N) is 1. The number of carbonyl (C=O) groups is 1. The van der Waals surface area contributed by atoms with Crippen LogP contribution in [0.3, 0.4) is 0 Å². The van der Waals surface area contributed by atoms with Crippen molar-refractivity contribution >= 4 is 32.4 Å². The fourth-order valence-electron chi connectivity index (χ4n) is 3.03. The van der Waals surface area contributed by atoms with E-state index in [1.807, 2.05) is 24.3 Å². The Hall–Kier alpha value is -3.06. The second-order valence-electron chi connectivity index (χ2n) is 6.02. The lowest BCUT2D eigenvalue weighted by atomic mass is 10.1. The molecule has 0 fully saturated rings. The van der Waals surface area contributed by atoms with Gasteiger partial charge in [-0.05, 0) is 35.0 Å². The van der Waals surface area contributed by atoms with Crippen LogP contribution < -0.4 is 14.8 Å². The number of anilines is 1. The SMILES string of the molecule is NC(=O)C1CN(S(=O)(=O)c2ccc3ccccc3c2)c2ccccc2O1. The van der Waals surface area contributed by atoms with Gasteiger partial charge in [-0.25, -0.2) is 8.42 Å². The number of sulfonamides is 1. The van der Waals surface area contributed by atoms with E-state index in [4.69, 9.17) is 10.5 Å². The van der Waals surface area contributed by atoms with Gasteiger partial charge in [-0.2, -0.15) is 0 Å². The summed E-state index contributed by atoms with van der Waals surface area (Å²) in [5.41, 5.74) is 5.74. The zero-order valence-corrected chi connectivity index (χ0v) is 14.5. The molecule has 1 unspecified atom stereocenters. The topological polar surface area (TPSA) is 89.7 Å². The average Bonchev–Trinajstić information content (AvgIpc) is 2.66. The van der Waals surface area contributed by atoms with Crippen LogP contribution in [-0.4, -0.2) is 27.0 Å². The molecule has 3 aromatic rings. The van der Waals surface area contributed by atoms with Gasteiger partial charge >= 0.3 is 0 Å². The summed E-state index contributed by atoms with van der Waals surface area (Å²) in [6.45, 7) is -0.165. The molecular formula is C19H16N2O4S. The van der Waals surface area contributed by atoms with Gasteiger partial charge < -0.3 is 10.5 Å². The van der Waals surface area contributed by atoms with Gasteiger partial charge in [0, 0.05) is 0 Å². The minimum absolute atomic E-state index is 0.149. The first-order valence-corrected chi connectivity index (χ1v) is 9.47. The molecule has 0 saturated heterocycles. The number of rotatable bonds is 3. The number of nitrogens with zero attached hydrogens (tertiary/aromatic N) is 1. The maximum atomic E-state index is 13.3. The van der Waals surface area contributed by atoms with Gasteiger partial charge in [0.05, 0.1) is 17.1 Å². The first-order valence-electron chi connectivity index (χ1n) is 8.03. The summed E-state index contributed by atoms with van der Waals surface area (Å²) in [6.07, 6.45) is -1.04. The van der Waals surface area contributed by atoms with Crippen LogP contribution in [0.15, 0.2) is 71.6 Å². The number of primary amides is 1. The number of fused-ring (bicyclic) bond motifs is 2. The van der Waals surface area contributed by atoms with Crippen molar-refractivity contribution < 1.29 is 17.9 Å². The normalized spacial score (nSPS) is 16.8. The molecule has 2 N–H and O–H groups in total. The van der Waals surface area contributed by atoms with Crippen molar-refractivity contribution in [1.82, 2.24) is 0 Å². The van der Waals surface area contributed by atoms with Crippen LogP contribution in [0.1, 0.15) is 0 Å². The van der Waals surface area contributed by atoms with Gasteiger partial charge in [-0.1, -0.05) is 42.5 Å². The van der Waals surface area contributed by atoms with Crippen LogP contribution in [0.2, 0.25) is 0 Å². The Kier molecular flexibility index (Phi) is 3.81. The fourth-order valence-corrected chi connectivity index (χ4v) is 4.54. The number of carbonyl (C=O) groups excluding carboxylic acids is 1. The van der Waals surface area contributed by atoms with E-state index in [9.17, 15) is 13.2 Å². The molecule has 1 heterocycles. The van der Waals surface area contributed by atoms with E-state index < -0.39 is 22.0 Å². The van der Waals surface area contributed by atoms with E-state index in [1.165, 1.54) is 4.31 Å². The Balaban J connectivity index is 1.84. The Morgan fingerprint density at radius 2 is 1.69 bits per heavy atom. The van der Waals surface area contributed by atoms with Crippen LogP contribution >= 0.6 is 0 Å². The van der Waals surface area contributed by atoms with E-state index in [1.54, 1.807) is 42.5 Å². The van der Waals surface area contributed by atoms with E-state index >= 15 is 0 Å². The second-order valence-corrected chi connectivity index (χ2v) is 7.88. The van der Waals surface area contributed by atoms with Crippen molar-refractivity contribution in [2.75, 3.05) is 10.8 Å². The van der Waals surface area contributed by atoms with Crippen LogP contribution in [0.4, 0.5) is 5.69 Å². The highest BCUT2D eigenvalue weighted by Gasteiger charge is 2.36. The van der Waals surface area contributed by atoms with E-state index in [0.29, 0.717) is 11.4 Å². The number of para-hydroxylation sites is 2. The standard InChI is InChI=1S/C19H16N2O4S/c20-19(22)18-12-21(16-7-3-4-8-17(16)25-18)26(23,24)15-10-9-13-5-1-2-6-14(13)11-15/h1-11,18H,12H2,(H2,20,22). The molecule has 7 heteroatoms. The van der Waals surface area contributed by atoms with Crippen molar-refractivity contribution in [3.05, 3.63) is 66.7 Å². The van der Waals surface area contributed by atoms with Crippen molar-refractivity contribution in [1.29, 1.82) is 0 Å². The van der Waals surface area contributed by atoms with Crippen LogP contribution in [-0.2, 0) is 14.8 Å². The molecule has 132 valence electrons. The molecule has 1 aliphatic rings. The summed E-state index contributed by atoms with van der Waals surface area (Å²) in [5, 5.41) is 1.77. The van der Waals surface area contributed by atoms with Crippen molar-refractivity contribution in [3.8, 4) is 5.75 Å². The lowest BCUT2D eigenvalue weighted by molar-refractivity contribution is -0.124. The van der Waals surface area contributed by atoms with E-state index in [-0.39, 0.29) is 11.4 Å². The first kappa shape index (κ1) is 16.4. The third-order valence-electron chi connectivity index (χ3n) is 4.36. The zero-order chi connectivity index (χ0) is 18.3. The Morgan fingerprint density at radius 1 is 1.00 bits per heavy atom. The Labute approximate surface area is 150 Å². The molecular weight excluding hydrogens is 352 g/mol. The Morgan fingerprint density at radius 3 is 2.46 bits per heavy atom. The molecule has 0 spiro atoms. The molecule has 1 atom stereocenters. The Bertz CT molecular complexity index is 1110. The molecule has 0 saturated carbocycles. The van der Waals surface area contributed by atoms with Gasteiger partial charge in [0.25, 0.3) is 15.9 Å². The van der Waals surface area contributed by atoms with Crippen LogP contribution in [0.25, 0.3) is 10.8 Å². The van der Waals surface area contributed by atoms with E-state index in [2.05, 4.69) is 0 Å². The molecule has 6 nitrogen and oxygen atoms in total. The predicted octanol–water partition coefficient (Wildman–Crippen LogP) is 2.28. The minimum atomic E-state index is -3.89. The second kappa shape index (κ2) is 6.03. The molecule has 4 rings (SSSR count). The third kappa shape index (κ3) is 2.66. The number of benzene rings is 3. The molecule has 26 heavy (non-hydrogen) atoms. The van der Waals surface area contributed by atoms with Gasteiger partial charge in [0.15, 0.2) is 6.10 Å². The highest BCUT2D eigenvalue weighted by Crippen LogP contribution is 2.37.